The van der Waals surface area contributed by atoms with Crippen LogP contribution in [0.1, 0.15) is 18.1 Å². The highest BCUT2D eigenvalue weighted by atomic mass is 32.2. The van der Waals surface area contributed by atoms with Crippen LogP contribution in [0.25, 0.3) is 6.08 Å². The minimum atomic E-state index is -0.314. The summed E-state index contributed by atoms with van der Waals surface area (Å²) in [6.07, 6.45) is 1.69. The number of thioether (sulfide) groups is 1. The number of para-hydroxylation sites is 1. The summed E-state index contributed by atoms with van der Waals surface area (Å²) in [7, 11) is 1.52. The second-order valence-electron chi connectivity index (χ2n) is 7.99. The second kappa shape index (κ2) is 12.1. The lowest BCUT2D eigenvalue weighted by atomic mass is 10.1. The molecule has 190 valence electrons. The number of hydrogen-bond donors (Lipinski definition) is 2. The lowest BCUT2D eigenvalue weighted by molar-refractivity contribution is -0.118. The van der Waals surface area contributed by atoms with Crippen LogP contribution < -0.4 is 24.8 Å². The zero-order chi connectivity index (χ0) is 26.2. The highest BCUT2D eigenvalue weighted by Gasteiger charge is 2.25. The van der Waals surface area contributed by atoms with Crippen molar-refractivity contribution in [3.63, 3.8) is 0 Å². The van der Waals surface area contributed by atoms with E-state index in [-0.39, 0.29) is 18.4 Å². The van der Waals surface area contributed by atoms with E-state index in [9.17, 15) is 9.59 Å². The van der Waals surface area contributed by atoms with Crippen molar-refractivity contribution in [2.75, 3.05) is 25.6 Å². The maximum atomic E-state index is 12.6. The van der Waals surface area contributed by atoms with Crippen molar-refractivity contribution in [1.29, 1.82) is 0 Å². The van der Waals surface area contributed by atoms with Crippen LogP contribution in [0.15, 0.2) is 76.6 Å². The normalized spacial score (nSPS) is 14.9. The van der Waals surface area contributed by atoms with E-state index >= 15 is 0 Å². The monoisotopic (exact) mass is 517 g/mol. The Morgan fingerprint density at radius 1 is 1.05 bits per heavy atom. The molecule has 1 heterocycles. The molecular weight excluding hydrogens is 490 g/mol. The Labute approximate surface area is 219 Å². The van der Waals surface area contributed by atoms with Crippen LogP contribution in [0, 0.1) is 6.92 Å². The molecule has 1 aliphatic rings. The number of carbonyl (C=O) groups is 2. The van der Waals surface area contributed by atoms with Gasteiger partial charge in [0.2, 0.25) is 0 Å². The molecule has 9 heteroatoms. The number of rotatable bonds is 9. The zero-order valence-corrected chi connectivity index (χ0v) is 21.6. The standard InChI is InChI=1S/C28H27N3O5S/c1-4-35-22-14-12-21(13-15-22)30-28-31-27(33)24(37-28)16-19-6-5-7-23(34-3)26(19)36-17-25(32)29-20-10-8-18(2)9-11-20/h5-16H,4,17H2,1-3H3,(H,29,32)(H,30,31,33)/b24-16+. The first-order valence-corrected chi connectivity index (χ1v) is 12.5. The summed E-state index contributed by atoms with van der Waals surface area (Å²) in [5, 5.41) is 6.05. The predicted octanol–water partition coefficient (Wildman–Crippen LogP) is 5.31. The van der Waals surface area contributed by atoms with Gasteiger partial charge in [-0.15, -0.1) is 0 Å². The van der Waals surface area contributed by atoms with Crippen LogP contribution in [0.3, 0.4) is 0 Å². The summed E-state index contributed by atoms with van der Waals surface area (Å²) in [4.78, 5) is 30.1. The molecule has 0 bridgehead atoms. The van der Waals surface area contributed by atoms with Gasteiger partial charge in [0.05, 0.1) is 24.3 Å². The fourth-order valence-corrected chi connectivity index (χ4v) is 4.29. The first-order chi connectivity index (χ1) is 17.9. The van der Waals surface area contributed by atoms with Crippen molar-refractivity contribution in [2.24, 2.45) is 4.99 Å². The van der Waals surface area contributed by atoms with Gasteiger partial charge in [0, 0.05) is 11.3 Å². The first-order valence-electron chi connectivity index (χ1n) is 11.6. The third-order valence-corrected chi connectivity index (χ3v) is 6.14. The molecule has 3 aromatic carbocycles. The third-order valence-electron chi connectivity index (χ3n) is 5.23. The minimum absolute atomic E-state index is 0.228. The van der Waals surface area contributed by atoms with Gasteiger partial charge < -0.3 is 24.8 Å². The number of anilines is 1. The van der Waals surface area contributed by atoms with Gasteiger partial charge in [-0.25, -0.2) is 4.99 Å². The summed E-state index contributed by atoms with van der Waals surface area (Å²) in [5.41, 5.74) is 3.07. The molecule has 3 aromatic rings. The van der Waals surface area contributed by atoms with E-state index in [0.717, 1.165) is 11.3 Å². The van der Waals surface area contributed by atoms with Gasteiger partial charge >= 0.3 is 0 Å². The van der Waals surface area contributed by atoms with Gasteiger partial charge in [0.25, 0.3) is 11.8 Å². The SMILES string of the molecule is CCOc1ccc(N=C2NC(=O)/C(=C\c3cccc(OC)c3OCC(=O)Nc3ccc(C)cc3)S2)cc1. The van der Waals surface area contributed by atoms with E-state index in [1.807, 2.05) is 62.4 Å². The number of amidine groups is 1. The van der Waals surface area contributed by atoms with Crippen LogP contribution in [-0.2, 0) is 9.59 Å². The molecule has 37 heavy (non-hydrogen) atoms. The maximum absolute atomic E-state index is 12.6. The van der Waals surface area contributed by atoms with Crippen LogP contribution in [0.4, 0.5) is 11.4 Å². The minimum Gasteiger partial charge on any atom is -0.494 e. The Hall–Kier alpha value is -4.24. The Kier molecular flexibility index (Phi) is 8.48. The van der Waals surface area contributed by atoms with Crippen molar-refractivity contribution in [2.45, 2.75) is 13.8 Å². The summed E-state index contributed by atoms with van der Waals surface area (Å²) >= 11 is 1.22. The fraction of sp³-hybridized carbons (Fsp3) is 0.179. The molecule has 0 spiro atoms. The third kappa shape index (κ3) is 6.92. The van der Waals surface area contributed by atoms with Crippen LogP contribution in [-0.4, -0.2) is 37.3 Å². The first kappa shape index (κ1) is 25.8. The second-order valence-corrected chi connectivity index (χ2v) is 9.02. The zero-order valence-electron chi connectivity index (χ0n) is 20.7. The molecule has 0 aliphatic carbocycles. The Morgan fingerprint density at radius 3 is 2.51 bits per heavy atom. The van der Waals surface area contributed by atoms with E-state index in [2.05, 4.69) is 15.6 Å². The lowest BCUT2D eigenvalue weighted by Crippen LogP contribution is -2.20. The number of carbonyl (C=O) groups excluding carboxylic acids is 2. The van der Waals surface area contributed by atoms with Gasteiger partial charge in [0.15, 0.2) is 23.3 Å². The van der Waals surface area contributed by atoms with E-state index < -0.39 is 0 Å². The average molecular weight is 518 g/mol. The van der Waals surface area contributed by atoms with Crippen molar-refractivity contribution < 1.29 is 23.8 Å². The number of aryl methyl sites for hydroxylation is 1. The molecule has 2 amide bonds. The van der Waals surface area contributed by atoms with E-state index in [1.165, 1.54) is 18.9 Å². The molecule has 0 aromatic heterocycles. The number of benzene rings is 3. The number of aliphatic imine (C=N–C) groups is 1. The quantitative estimate of drug-likeness (QED) is 0.373. The largest absolute Gasteiger partial charge is 0.494 e. The molecule has 0 saturated carbocycles. The molecule has 0 unspecified atom stereocenters. The lowest BCUT2D eigenvalue weighted by Gasteiger charge is -2.13. The highest BCUT2D eigenvalue weighted by molar-refractivity contribution is 8.18. The van der Waals surface area contributed by atoms with E-state index in [0.29, 0.717) is 45.1 Å². The smallest absolute Gasteiger partial charge is 0.264 e. The van der Waals surface area contributed by atoms with Crippen molar-refractivity contribution in [1.82, 2.24) is 5.32 Å². The fourth-order valence-electron chi connectivity index (χ4n) is 3.46. The molecule has 2 N–H and O–H groups in total. The maximum Gasteiger partial charge on any atom is 0.264 e. The molecule has 8 nitrogen and oxygen atoms in total. The number of amides is 2. The molecule has 1 aliphatic heterocycles. The van der Waals surface area contributed by atoms with Gasteiger partial charge in [-0.2, -0.15) is 0 Å². The average Bonchev–Trinajstić information content (AvgIpc) is 3.24. The molecule has 1 fully saturated rings. The molecule has 1 saturated heterocycles. The van der Waals surface area contributed by atoms with Gasteiger partial charge in [-0.1, -0.05) is 29.8 Å². The number of hydrogen-bond acceptors (Lipinski definition) is 7. The molecule has 4 rings (SSSR count). The summed E-state index contributed by atoms with van der Waals surface area (Å²) in [5.74, 6) is 0.978. The Bertz CT molecular complexity index is 1330. The summed E-state index contributed by atoms with van der Waals surface area (Å²) < 4.78 is 16.7. The number of ether oxygens (including phenoxy) is 3. The van der Waals surface area contributed by atoms with Crippen molar-refractivity contribution >= 4 is 46.2 Å². The molecular formula is C28H27N3O5S. The number of nitrogens with zero attached hydrogens (tertiary/aromatic N) is 1. The Morgan fingerprint density at radius 2 is 1.81 bits per heavy atom. The molecule has 0 radical (unpaired) electrons. The molecule has 0 atom stereocenters. The Balaban J connectivity index is 1.48. The summed E-state index contributed by atoms with van der Waals surface area (Å²) in [6.45, 7) is 4.26. The van der Waals surface area contributed by atoms with Gasteiger partial charge in [-0.05, 0) is 74.1 Å². The van der Waals surface area contributed by atoms with Crippen LogP contribution in [0.2, 0.25) is 0 Å². The van der Waals surface area contributed by atoms with Gasteiger partial charge in [0.1, 0.15) is 5.75 Å². The van der Waals surface area contributed by atoms with Crippen LogP contribution >= 0.6 is 11.8 Å². The topological polar surface area (TPSA) is 98.2 Å². The van der Waals surface area contributed by atoms with Gasteiger partial charge in [-0.3, -0.25) is 9.59 Å². The van der Waals surface area contributed by atoms with Crippen molar-refractivity contribution in [3.8, 4) is 17.2 Å². The van der Waals surface area contributed by atoms with Crippen molar-refractivity contribution in [3.05, 3.63) is 82.8 Å². The van der Waals surface area contributed by atoms with E-state index in [4.69, 9.17) is 14.2 Å². The summed E-state index contributed by atoms with van der Waals surface area (Å²) in [6, 6.07) is 20.1. The highest BCUT2D eigenvalue weighted by Crippen LogP contribution is 2.36. The number of nitrogens with one attached hydrogen (secondary N) is 2. The van der Waals surface area contributed by atoms with E-state index in [1.54, 1.807) is 24.3 Å². The predicted molar refractivity (Wildman–Crippen MR) is 147 cm³/mol. The number of methoxy groups -OCH3 is 1. The van der Waals surface area contributed by atoms with Crippen LogP contribution in [0.5, 0.6) is 17.2 Å².